The molecular formula is C11H17N3O3S. The van der Waals surface area contributed by atoms with Crippen molar-refractivity contribution in [2.45, 2.75) is 12.7 Å². The molecule has 7 heteroatoms. The summed E-state index contributed by atoms with van der Waals surface area (Å²) in [5.74, 6) is 6.99. The Kier molecular flexibility index (Phi) is 5.90. The minimum atomic E-state index is -0.426. The van der Waals surface area contributed by atoms with Gasteiger partial charge >= 0.3 is 0 Å². The van der Waals surface area contributed by atoms with Crippen LogP contribution in [0.5, 0.6) is 0 Å². The summed E-state index contributed by atoms with van der Waals surface area (Å²) in [5.41, 5.74) is 4.06. The second kappa shape index (κ2) is 7.20. The highest BCUT2D eigenvalue weighted by Crippen LogP contribution is 2.26. The van der Waals surface area contributed by atoms with Gasteiger partial charge in [0, 0.05) is 24.5 Å². The molecule has 0 spiro atoms. The molecule has 0 saturated heterocycles. The molecule has 1 atom stereocenters. The number of benzene rings is 1. The number of nitrogens with two attached hydrogens (primary N) is 1. The smallest absolute Gasteiger partial charge is 0.269 e. The monoisotopic (exact) mass is 271 g/mol. The summed E-state index contributed by atoms with van der Waals surface area (Å²) in [7, 11) is 0. The van der Waals surface area contributed by atoms with Gasteiger partial charge in [0.25, 0.3) is 5.69 Å². The Morgan fingerprint density at radius 3 is 2.89 bits per heavy atom. The summed E-state index contributed by atoms with van der Waals surface area (Å²) in [6.45, 7) is 2.09. The molecule has 0 amide bonds. The van der Waals surface area contributed by atoms with E-state index in [4.69, 9.17) is 10.9 Å². The highest BCUT2D eigenvalue weighted by Gasteiger charge is 2.10. The number of nitrogens with zero attached hydrogens (tertiary/aromatic N) is 1. The normalized spacial score (nSPS) is 12.2. The first-order valence-corrected chi connectivity index (χ1v) is 6.66. The maximum absolute atomic E-state index is 10.7. The van der Waals surface area contributed by atoms with Crippen LogP contribution in [0.1, 0.15) is 12.5 Å². The number of rotatable bonds is 7. The lowest BCUT2D eigenvalue weighted by Crippen LogP contribution is -2.09. The fraction of sp³-hybridized carbons (Fsp3) is 0.455. The third kappa shape index (κ3) is 4.17. The molecule has 1 aromatic rings. The highest BCUT2D eigenvalue weighted by molar-refractivity contribution is 7.98. The van der Waals surface area contributed by atoms with Gasteiger partial charge < -0.3 is 10.5 Å². The van der Waals surface area contributed by atoms with Gasteiger partial charge in [0.05, 0.1) is 10.6 Å². The number of anilines is 1. The molecule has 1 aromatic carbocycles. The van der Waals surface area contributed by atoms with Gasteiger partial charge in [-0.3, -0.25) is 16.0 Å². The number of thioether (sulfide) groups is 1. The van der Waals surface area contributed by atoms with Gasteiger partial charge in [-0.2, -0.15) is 11.8 Å². The molecular weight excluding hydrogens is 254 g/mol. The van der Waals surface area contributed by atoms with Gasteiger partial charge in [-0.15, -0.1) is 0 Å². The standard InChI is InChI=1S/C11H17N3O3S/c1-8(5-15)6-18-7-9-4-10(14(16)17)2-3-11(9)13-12/h2-4,8,13,15H,5-7,12H2,1H3. The number of non-ortho nitro benzene ring substituents is 1. The zero-order valence-electron chi connectivity index (χ0n) is 10.1. The van der Waals surface area contributed by atoms with Crippen molar-refractivity contribution in [1.82, 2.24) is 0 Å². The van der Waals surface area contributed by atoms with E-state index in [0.29, 0.717) is 11.4 Å². The summed E-state index contributed by atoms with van der Waals surface area (Å²) < 4.78 is 0. The summed E-state index contributed by atoms with van der Waals surface area (Å²) in [5, 5.41) is 19.6. The van der Waals surface area contributed by atoms with Crippen LogP contribution in [0.15, 0.2) is 18.2 Å². The summed E-state index contributed by atoms with van der Waals surface area (Å²) in [6.07, 6.45) is 0. The van der Waals surface area contributed by atoms with Gasteiger partial charge in [-0.25, -0.2) is 0 Å². The Labute approximate surface area is 110 Å². The van der Waals surface area contributed by atoms with Crippen molar-refractivity contribution in [3.05, 3.63) is 33.9 Å². The van der Waals surface area contributed by atoms with Gasteiger partial charge in [0.1, 0.15) is 0 Å². The van der Waals surface area contributed by atoms with Gasteiger partial charge in [0.2, 0.25) is 0 Å². The molecule has 1 rings (SSSR count). The molecule has 0 saturated carbocycles. The molecule has 100 valence electrons. The topological polar surface area (TPSA) is 101 Å². The third-order valence-corrected chi connectivity index (χ3v) is 3.75. The fourth-order valence-corrected chi connectivity index (χ4v) is 2.46. The number of hydrogen-bond donors (Lipinski definition) is 3. The Bertz CT molecular complexity index is 415. The SMILES string of the molecule is CC(CO)CSCc1cc([N+](=O)[O-])ccc1NN. The molecule has 4 N–H and O–H groups in total. The molecule has 0 aliphatic carbocycles. The zero-order chi connectivity index (χ0) is 13.5. The lowest BCUT2D eigenvalue weighted by molar-refractivity contribution is -0.384. The van der Waals surface area contributed by atoms with E-state index < -0.39 is 4.92 Å². The second-order valence-electron chi connectivity index (χ2n) is 4.05. The van der Waals surface area contributed by atoms with Crippen molar-refractivity contribution in [2.75, 3.05) is 17.8 Å². The van der Waals surface area contributed by atoms with E-state index >= 15 is 0 Å². The molecule has 0 aliphatic rings. The largest absolute Gasteiger partial charge is 0.396 e. The predicted molar refractivity (Wildman–Crippen MR) is 73.3 cm³/mol. The van der Waals surface area contributed by atoms with Crippen LogP contribution in [0.2, 0.25) is 0 Å². The van der Waals surface area contributed by atoms with Crippen LogP contribution in [0.25, 0.3) is 0 Å². The van der Waals surface area contributed by atoms with Gasteiger partial charge in [-0.1, -0.05) is 6.92 Å². The van der Waals surface area contributed by atoms with Crippen molar-refractivity contribution in [1.29, 1.82) is 0 Å². The first-order chi connectivity index (χ1) is 8.58. The van der Waals surface area contributed by atoms with E-state index in [2.05, 4.69) is 5.43 Å². The minimum absolute atomic E-state index is 0.0554. The van der Waals surface area contributed by atoms with Crippen LogP contribution in [-0.4, -0.2) is 22.4 Å². The number of aliphatic hydroxyl groups excluding tert-OH is 1. The van der Waals surface area contributed by atoms with E-state index in [-0.39, 0.29) is 18.2 Å². The van der Waals surface area contributed by atoms with Crippen molar-refractivity contribution >= 4 is 23.1 Å². The summed E-state index contributed by atoms with van der Waals surface area (Å²) >= 11 is 1.61. The molecule has 1 unspecified atom stereocenters. The molecule has 0 aromatic heterocycles. The van der Waals surface area contributed by atoms with E-state index in [1.165, 1.54) is 12.1 Å². The van der Waals surface area contributed by atoms with E-state index in [1.54, 1.807) is 17.8 Å². The average molecular weight is 271 g/mol. The number of nitrogen functional groups attached to an aromatic ring is 1. The van der Waals surface area contributed by atoms with Crippen molar-refractivity contribution in [3.63, 3.8) is 0 Å². The molecule has 0 fully saturated rings. The highest BCUT2D eigenvalue weighted by atomic mass is 32.2. The molecule has 0 heterocycles. The maximum Gasteiger partial charge on any atom is 0.269 e. The Balaban J connectivity index is 2.72. The first kappa shape index (κ1) is 14.7. The van der Waals surface area contributed by atoms with Crippen LogP contribution in [-0.2, 0) is 5.75 Å². The molecule has 0 bridgehead atoms. The number of aliphatic hydroxyl groups is 1. The zero-order valence-corrected chi connectivity index (χ0v) is 10.9. The van der Waals surface area contributed by atoms with Crippen LogP contribution in [0, 0.1) is 16.0 Å². The number of nitro benzene ring substituents is 1. The van der Waals surface area contributed by atoms with Crippen LogP contribution in [0.4, 0.5) is 11.4 Å². The van der Waals surface area contributed by atoms with Gasteiger partial charge in [-0.05, 0) is 23.3 Å². The van der Waals surface area contributed by atoms with Crippen molar-refractivity contribution in [3.8, 4) is 0 Å². The number of nitrogens with one attached hydrogen (secondary N) is 1. The number of hydrazine groups is 1. The average Bonchev–Trinajstić information content (AvgIpc) is 2.38. The summed E-state index contributed by atoms with van der Waals surface area (Å²) in [4.78, 5) is 10.3. The quantitative estimate of drug-likeness (QED) is 0.396. The van der Waals surface area contributed by atoms with Crippen LogP contribution < -0.4 is 11.3 Å². The Morgan fingerprint density at radius 1 is 1.61 bits per heavy atom. The molecule has 0 radical (unpaired) electrons. The first-order valence-electron chi connectivity index (χ1n) is 5.51. The van der Waals surface area contributed by atoms with Crippen molar-refractivity contribution in [2.24, 2.45) is 11.8 Å². The van der Waals surface area contributed by atoms with E-state index in [0.717, 1.165) is 11.3 Å². The number of nitro groups is 1. The van der Waals surface area contributed by atoms with E-state index in [9.17, 15) is 10.1 Å². The summed E-state index contributed by atoms with van der Waals surface area (Å²) in [6, 6.07) is 4.54. The molecule has 0 aliphatic heterocycles. The lowest BCUT2D eigenvalue weighted by atomic mass is 10.2. The minimum Gasteiger partial charge on any atom is -0.396 e. The van der Waals surface area contributed by atoms with E-state index in [1.807, 2.05) is 6.92 Å². The van der Waals surface area contributed by atoms with Gasteiger partial charge in [0.15, 0.2) is 0 Å². The third-order valence-electron chi connectivity index (χ3n) is 2.43. The Morgan fingerprint density at radius 2 is 2.33 bits per heavy atom. The molecule has 18 heavy (non-hydrogen) atoms. The van der Waals surface area contributed by atoms with Crippen molar-refractivity contribution < 1.29 is 10.0 Å². The number of hydrogen-bond acceptors (Lipinski definition) is 6. The lowest BCUT2D eigenvalue weighted by Gasteiger charge is -2.10. The van der Waals surface area contributed by atoms with Crippen LogP contribution in [0.3, 0.4) is 0 Å². The maximum atomic E-state index is 10.7. The molecule has 6 nitrogen and oxygen atoms in total. The van der Waals surface area contributed by atoms with Crippen LogP contribution >= 0.6 is 11.8 Å². The fourth-order valence-electron chi connectivity index (χ4n) is 1.38. The second-order valence-corrected chi connectivity index (χ2v) is 5.08. The Hall–Kier alpha value is -1.31. The predicted octanol–water partition coefficient (Wildman–Crippen LogP) is 1.74.